The summed E-state index contributed by atoms with van der Waals surface area (Å²) in [6.07, 6.45) is 5.10. The number of hydrogen-bond donors (Lipinski definition) is 1. The van der Waals surface area contributed by atoms with E-state index in [-0.39, 0.29) is 11.9 Å². The van der Waals surface area contributed by atoms with Gasteiger partial charge in [-0.25, -0.2) is 4.98 Å². The van der Waals surface area contributed by atoms with Crippen LogP contribution in [-0.2, 0) is 14.1 Å². The van der Waals surface area contributed by atoms with Gasteiger partial charge >= 0.3 is 0 Å². The Morgan fingerprint density at radius 2 is 1.96 bits per heavy atom. The third-order valence-electron chi connectivity index (χ3n) is 3.45. The summed E-state index contributed by atoms with van der Waals surface area (Å²) in [5.41, 5.74) is 2.01. The second-order valence-electron chi connectivity index (χ2n) is 5.30. The van der Waals surface area contributed by atoms with Gasteiger partial charge < -0.3 is 9.88 Å². The number of aromatic nitrogens is 4. The van der Waals surface area contributed by atoms with Crippen LogP contribution in [-0.4, -0.2) is 25.2 Å². The molecule has 0 saturated heterocycles. The van der Waals surface area contributed by atoms with Crippen molar-refractivity contribution in [2.75, 3.05) is 0 Å². The highest BCUT2D eigenvalue weighted by Crippen LogP contribution is 2.22. The lowest BCUT2D eigenvalue weighted by molar-refractivity contribution is 0.0937. The first-order valence-corrected chi connectivity index (χ1v) is 7.44. The smallest absolute Gasteiger partial charge is 0.272 e. The highest BCUT2D eigenvalue weighted by atomic mass is 35.5. The fraction of sp³-hybridized carbons (Fsp3) is 0.188. The number of amides is 1. The summed E-state index contributed by atoms with van der Waals surface area (Å²) in [5, 5.41) is 8.03. The lowest BCUT2D eigenvalue weighted by atomic mass is 10.0. The number of carbonyl (C=O) groups excluding carboxylic acids is 1. The van der Waals surface area contributed by atoms with E-state index in [4.69, 9.17) is 11.6 Å². The molecule has 3 rings (SSSR count). The molecule has 0 radical (unpaired) electrons. The molecule has 7 heteroatoms. The molecular weight excluding hydrogens is 314 g/mol. The van der Waals surface area contributed by atoms with Gasteiger partial charge in [0.15, 0.2) is 0 Å². The number of benzene rings is 1. The minimum atomic E-state index is -0.372. The van der Waals surface area contributed by atoms with Gasteiger partial charge in [-0.2, -0.15) is 5.10 Å². The Bertz CT molecular complexity index is 821. The van der Waals surface area contributed by atoms with Gasteiger partial charge in [0.1, 0.15) is 5.69 Å². The first-order chi connectivity index (χ1) is 11.0. The first kappa shape index (κ1) is 15.3. The molecule has 6 nitrogen and oxygen atoms in total. The molecule has 0 unspecified atom stereocenters. The summed E-state index contributed by atoms with van der Waals surface area (Å²) >= 11 is 5.95. The van der Waals surface area contributed by atoms with Crippen molar-refractivity contribution in [1.29, 1.82) is 0 Å². The molecule has 0 saturated carbocycles. The third-order valence-corrected chi connectivity index (χ3v) is 3.70. The molecule has 2 aromatic heterocycles. The van der Waals surface area contributed by atoms with Crippen LogP contribution in [0.15, 0.2) is 49.1 Å². The minimum Gasteiger partial charge on any atom is -0.340 e. The van der Waals surface area contributed by atoms with E-state index in [2.05, 4.69) is 15.4 Å². The summed E-state index contributed by atoms with van der Waals surface area (Å²) < 4.78 is 3.43. The number of rotatable bonds is 4. The molecule has 1 aromatic carbocycles. The largest absolute Gasteiger partial charge is 0.340 e. The Morgan fingerprint density at radius 1 is 1.22 bits per heavy atom. The molecule has 1 N–H and O–H groups in total. The van der Waals surface area contributed by atoms with E-state index >= 15 is 0 Å². The second kappa shape index (κ2) is 6.26. The number of carbonyl (C=O) groups is 1. The fourth-order valence-corrected chi connectivity index (χ4v) is 2.43. The Morgan fingerprint density at radius 3 is 2.52 bits per heavy atom. The Kier molecular flexibility index (Phi) is 4.16. The number of halogens is 1. The molecular formula is C16H16ClN5O. The van der Waals surface area contributed by atoms with Gasteiger partial charge in [0.25, 0.3) is 5.91 Å². The van der Waals surface area contributed by atoms with E-state index in [1.54, 1.807) is 33.9 Å². The Labute approximate surface area is 138 Å². The standard InChI is InChI=1S/C16H16ClN5O/c1-21-9-14(18-10-21)16(23)19-15(13-7-8-22(2)20-13)11-3-5-12(17)6-4-11/h3-10,15H,1-2H3,(H,19,23)/t15-/m1/s1. The second-order valence-corrected chi connectivity index (χ2v) is 5.73. The van der Waals surface area contributed by atoms with Crippen LogP contribution in [0.5, 0.6) is 0 Å². The predicted molar refractivity (Wildman–Crippen MR) is 87.2 cm³/mol. The molecule has 23 heavy (non-hydrogen) atoms. The van der Waals surface area contributed by atoms with Crippen molar-refractivity contribution in [2.24, 2.45) is 14.1 Å². The summed E-state index contributed by atoms with van der Waals surface area (Å²) in [6, 6.07) is 8.83. The number of aryl methyl sites for hydroxylation is 2. The highest BCUT2D eigenvalue weighted by Gasteiger charge is 2.21. The van der Waals surface area contributed by atoms with Gasteiger partial charge in [-0.15, -0.1) is 0 Å². The molecule has 2 heterocycles. The van der Waals surface area contributed by atoms with Crippen molar-refractivity contribution in [2.45, 2.75) is 6.04 Å². The number of nitrogens with one attached hydrogen (secondary N) is 1. The SMILES string of the molecule is Cn1cnc(C(=O)N[C@H](c2ccc(Cl)cc2)c2ccn(C)n2)c1. The van der Waals surface area contributed by atoms with E-state index in [1.807, 2.05) is 38.5 Å². The van der Waals surface area contributed by atoms with Gasteiger partial charge in [0, 0.05) is 31.5 Å². The van der Waals surface area contributed by atoms with E-state index in [0.717, 1.165) is 11.3 Å². The van der Waals surface area contributed by atoms with E-state index < -0.39 is 0 Å². The topological polar surface area (TPSA) is 64.7 Å². The molecule has 118 valence electrons. The average molecular weight is 330 g/mol. The molecule has 0 aliphatic rings. The molecule has 0 fully saturated rings. The minimum absolute atomic E-state index is 0.254. The van der Waals surface area contributed by atoms with Crippen LogP contribution >= 0.6 is 11.6 Å². The third kappa shape index (κ3) is 3.43. The van der Waals surface area contributed by atoms with Gasteiger partial charge in [0.05, 0.1) is 18.1 Å². The monoisotopic (exact) mass is 329 g/mol. The Balaban J connectivity index is 1.92. The van der Waals surface area contributed by atoms with E-state index in [9.17, 15) is 4.79 Å². The predicted octanol–water partition coefficient (Wildman–Crippen LogP) is 2.33. The van der Waals surface area contributed by atoms with Crippen molar-refractivity contribution >= 4 is 17.5 Å². The summed E-state index contributed by atoms with van der Waals surface area (Å²) in [7, 11) is 3.65. The van der Waals surface area contributed by atoms with E-state index in [0.29, 0.717) is 10.7 Å². The van der Waals surface area contributed by atoms with Crippen LogP contribution in [0, 0.1) is 0 Å². The maximum atomic E-state index is 12.4. The van der Waals surface area contributed by atoms with Crippen molar-refractivity contribution in [3.63, 3.8) is 0 Å². The first-order valence-electron chi connectivity index (χ1n) is 7.07. The molecule has 0 bridgehead atoms. The molecule has 3 aromatic rings. The fourth-order valence-electron chi connectivity index (χ4n) is 2.31. The average Bonchev–Trinajstić information content (AvgIpc) is 3.14. The lowest BCUT2D eigenvalue weighted by Gasteiger charge is -2.17. The number of hydrogen-bond acceptors (Lipinski definition) is 3. The molecule has 1 atom stereocenters. The van der Waals surface area contributed by atoms with Crippen molar-refractivity contribution in [3.05, 3.63) is 71.0 Å². The highest BCUT2D eigenvalue weighted by molar-refractivity contribution is 6.30. The van der Waals surface area contributed by atoms with Crippen LogP contribution in [0.1, 0.15) is 27.8 Å². The number of nitrogens with zero attached hydrogens (tertiary/aromatic N) is 4. The lowest BCUT2D eigenvalue weighted by Crippen LogP contribution is -2.30. The van der Waals surface area contributed by atoms with Gasteiger partial charge in [0.2, 0.25) is 0 Å². The molecule has 1 amide bonds. The quantitative estimate of drug-likeness (QED) is 0.799. The molecule has 0 spiro atoms. The zero-order valence-corrected chi connectivity index (χ0v) is 13.5. The van der Waals surface area contributed by atoms with Crippen molar-refractivity contribution < 1.29 is 4.79 Å². The molecule has 0 aliphatic carbocycles. The van der Waals surface area contributed by atoms with Gasteiger partial charge in [-0.3, -0.25) is 9.48 Å². The number of imidazole rings is 1. The van der Waals surface area contributed by atoms with Crippen LogP contribution in [0.25, 0.3) is 0 Å². The van der Waals surface area contributed by atoms with Crippen LogP contribution in [0.3, 0.4) is 0 Å². The normalized spacial score (nSPS) is 12.1. The maximum Gasteiger partial charge on any atom is 0.272 e. The van der Waals surface area contributed by atoms with Crippen molar-refractivity contribution in [3.8, 4) is 0 Å². The van der Waals surface area contributed by atoms with Crippen LogP contribution in [0.2, 0.25) is 5.02 Å². The van der Waals surface area contributed by atoms with Crippen LogP contribution < -0.4 is 5.32 Å². The van der Waals surface area contributed by atoms with Crippen molar-refractivity contribution in [1.82, 2.24) is 24.6 Å². The van der Waals surface area contributed by atoms with Gasteiger partial charge in [-0.1, -0.05) is 23.7 Å². The van der Waals surface area contributed by atoms with Gasteiger partial charge in [-0.05, 0) is 23.8 Å². The summed E-state index contributed by atoms with van der Waals surface area (Å²) in [4.78, 5) is 16.5. The zero-order valence-electron chi connectivity index (χ0n) is 12.8. The summed E-state index contributed by atoms with van der Waals surface area (Å²) in [5.74, 6) is -0.254. The van der Waals surface area contributed by atoms with Crippen LogP contribution in [0.4, 0.5) is 0 Å². The zero-order chi connectivity index (χ0) is 16.4. The molecule has 0 aliphatic heterocycles. The van der Waals surface area contributed by atoms with E-state index in [1.165, 1.54) is 0 Å². The summed E-state index contributed by atoms with van der Waals surface area (Å²) in [6.45, 7) is 0. The Hall–Kier alpha value is -2.60. The maximum absolute atomic E-state index is 12.4.